The molecule has 1 fully saturated rings. The van der Waals surface area contributed by atoms with E-state index >= 15 is 0 Å². The molecule has 0 aromatic heterocycles. The molecule has 0 aliphatic heterocycles. The largest absolute Gasteiger partial charge is 0.392 e. The fourth-order valence-electron chi connectivity index (χ4n) is 2.29. The van der Waals surface area contributed by atoms with Gasteiger partial charge in [-0.2, -0.15) is 0 Å². The first-order chi connectivity index (χ1) is 8.88. The highest BCUT2D eigenvalue weighted by atomic mass is 35.5. The van der Waals surface area contributed by atoms with Crippen molar-refractivity contribution in [3.63, 3.8) is 0 Å². The van der Waals surface area contributed by atoms with E-state index in [0.29, 0.717) is 28.6 Å². The van der Waals surface area contributed by atoms with E-state index < -0.39 is 21.4 Å². The zero-order valence-corrected chi connectivity index (χ0v) is 12.5. The summed E-state index contributed by atoms with van der Waals surface area (Å²) in [7, 11) is -3.64. The highest BCUT2D eigenvalue weighted by molar-refractivity contribution is 7.93. The first-order valence-corrected chi connectivity index (χ1v) is 8.34. The second-order valence-electron chi connectivity index (χ2n) is 4.70. The summed E-state index contributed by atoms with van der Waals surface area (Å²) in [6.45, 7) is 0. The Kier molecular flexibility index (Phi) is 4.61. The summed E-state index contributed by atoms with van der Waals surface area (Å²) in [5, 5.41) is 9.75. The van der Waals surface area contributed by atoms with E-state index in [4.69, 9.17) is 23.2 Å². The summed E-state index contributed by atoms with van der Waals surface area (Å²) >= 11 is 11.6. The van der Waals surface area contributed by atoms with Crippen molar-refractivity contribution in [2.45, 2.75) is 37.0 Å². The number of nitrogens with one attached hydrogen (secondary N) is 1. The van der Waals surface area contributed by atoms with Crippen molar-refractivity contribution >= 4 is 38.9 Å². The molecule has 0 amide bonds. The molecule has 2 unspecified atom stereocenters. The minimum atomic E-state index is -3.64. The van der Waals surface area contributed by atoms with Gasteiger partial charge in [0.05, 0.1) is 11.8 Å². The Hall–Kier alpha value is -0.490. The lowest BCUT2D eigenvalue weighted by atomic mass is 9.97. The van der Waals surface area contributed by atoms with Crippen molar-refractivity contribution in [1.82, 2.24) is 0 Å². The average Bonchev–Trinajstić information content (AvgIpc) is 2.26. The maximum absolute atomic E-state index is 12.2. The van der Waals surface area contributed by atoms with Crippen LogP contribution in [0.4, 0.5) is 5.69 Å². The minimum absolute atomic E-state index is 0.315. The Bertz CT molecular complexity index is 542. The molecule has 19 heavy (non-hydrogen) atoms. The lowest BCUT2D eigenvalue weighted by molar-refractivity contribution is 0.133. The average molecular weight is 324 g/mol. The quantitative estimate of drug-likeness (QED) is 0.898. The van der Waals surface area contributed by atoms with Gasteiger partial charge in [-0.05, 0) is 31.0 Å². The van der Waals surface area contributed by atoms with Crippen LogP contribution in [0.2, 0.25) is 10.0 Å². The number of anilines is 1. The van der Waals surface area contributed by atoms with E-state index in [1.54, 1.807) is 0 Å². The summed E-state index contributed by atoms with van der Waals surface area (Å²) in [6, 6.07) is 4.50. The maximum Gasteiger partial charge on any atom is 0.238 e. The van der Waals surface area contributed by atoms with Crippen LogP contribution < -0.4 is 4.72 Å². The van der Waals surface area contributed by atoms with E-state index in [1.807, 2.05) is 0 Å². The molecule has 0 radical (unpaired) electrons. The second-order valence-corrected chi connectivity index (χ2v) is 7.47. The second kappa shape index (κ2) is 5.87. The third-order valence-corrected chi connectivity index (χ3v) is 5.49. The number of halogens is 2. The molecule has 0 spiro atoms. The van der Waals surface area contributed by atoms with Crippen LogP contribution in [0.25, 0.3) is 0 Å². The van der Waals surface area contributed by atoms with Crippen molar-refractivity contribution in [3.8, 4) is 0 Å². The number of sulfonamides is 1. The lowest BCUT2D eigenvalue weighted by Gasteiger charge is -2.27. The highest BCUT2D eigenvalue weighted by Crippen LogP contribution is 2.28. The first-order valence-electron chi connectivity index (χ1n) is 6.04. The molecule has 1 saturated carbocycles. The van der Waals surface area contributed by atoms with Gasteiger partial charge in [0, 0.05) is 10.0 Å². The zero-order valence-electron chi connectivity index (χ0n) is 10.1. The molecule has 2 rings (SSSR count). The van der Waals surface area contributed by atoms with Crippen LogP contribution in [0.1, 0.15) is 25.7 Å². The molecule has 2 N–H and O–H groups in total. The predicted octanol–water partition coefficient (Wildman–Crippen LogP) is 3.04. The summed E-state index contributed by atoms with van der Waals surface area (Å²) < 4.78 is 26.9. The van der Waals surface area contributed by atoms with Gasteiger partial charge in [0.1, 0.15) is 5.25 Å². The molecule has 0 saturated heterocycles. The molecule has 0 heterocycles. The van der Waals surface area contributed by atoms with Gasteiger partial charge in [-0.25, -0.2) is 8.42 Å². The third-order valence-electron chi connectivity index (χ3n) is 3.19. The molecule has 7 heteroatoms. The van der Waals surface area contributed by atoms with Crippen LogP contribution in [-0.4, -0.2) is 24.9 Å². The SMILES string of the molecule is O=S(=O)(Nc1cc(Cl)cc(Cl)c1)C1CCCCC1O. The molecule has 4 nitrogen and oxygen atoms in total. The Morgan fingerprint density at radius 3 is 2.26 bits per heavy atom. The molecular formula is C12H15Cl2NO3S. The zero-order chi connectivity index (χ0) is 14.0. The fourth-order valence-corrected chi connectivity index (χ4v) is 4.44. The van der Waals surface area contributed by atoms with Crippen LogP contribution in [0, 0.1) is 0 Å². The molecule has 1 aliphatic carbocycles. The Labute approximate surface area is 122 Å². The van der Waals surface area contributed by atoms with Gasteiger partial charge >= 0.3 is 0 Å². The monoisotopic (exact) mass is 323 g/mol. The van der Waals surface area contributed by atoms with Crippen LogP contribution >= 0.6 is 23.2 Å². The number of aliphatic hydroxyl groups excluding tert-OH is 1. The molecule has 106 valence electrons. The van der Waals surface area contributed by atoms with Gasteiger partial charge in [0.2, 0.25) is 10.0 Å². The van der Waals surface area contributed by atoms with Crippen molar-refractivity contribution < 1.29 is 13.5 Å². The summed E-state index contributed by atoms with van der Waals surface area (Å²) in [5.74, 6) is 0. The normalized spacial score (nSPS) is 24.2. The summed E-state index contributed by atoms with van der Waals surface area (Å²) in [6.07, 6.45) is 1.82. The molecular weight excluding hydrogens is 309 g/mol. The third kappa shape index (κ3) is 3.75. The van der Waals surface area contributed by atoms with Gasteiger partial charge in [0.15, 0.2) is 0 Å². The van der Waals surface area contributed by atoms with E-state index in [0.717, 1.165) is 12.8 Å². The Morgan fingerprint density at radius 1 is 1.11 bits per heavy atom. The number of hydrogen-bond acceptors (Lipinski definition) is 3. The van der Waals surface area contributed by atoms with Gasteiger partial charge in [-0.1, -0.05) is 36.0 Å². The first kappa shape index (κ1) is 14.9. The minimum Gasteiger partial charge on any atom is -0.392 e. The Morgan fingerprint density at radius 2 is 1.68 bits per heavy atom. The van der Waals surface area contributed by atoms with Gasteiger partial charge in [-0.15, -0.1) is 0 Å². The number of rotatable bonds is 3. The summed E-state index contributed by atoms with van der Waals surface area (Å²) in [5.41, 5.74) is 0.315. The molecule has 1 aromatic rings. The van der Waals surface area contributed by atoms with E-state index in [2.05, 4.69) is 4.72 Å². The highest BCUT2D eigenvalue weighted by Gasteiger charge is 2.34. The van der Waals surface area contributed by atoms with Gasteiger partial charge < -0.3 is 5.11 Å². The van der Waals surface area contributed by atoms with Crippen molar-refractivity contribution in [1.29, 1.82) is 0 Å². The topological polar surface area (TPSA) is 66.4 Å². The number of aliphatic hydroxyl groups is 1. The van der Waals surface area contributed by atoms with Gasteiger partial charge in [-0.3, -0.25) is 4.72 Å². The molecule has 1 aliphatic rings. The van der Waals surface area contributed by atoms with E-state index in [9.17, 15) is 13.5 Å². The predicted molar refractivity (Wildman–Crippen MR) is 77.3 cm³/mol. The standard InChI is InChI=1S/C12H15Cl2NO3S/c13-8-5-9(14)7-10(6-8)15-19(17,18)12-4-2-1-3-11(12)16/h5-7,11-12,15-16H,1-4H2. The summed E-state index contributed by atoms with van der Waals surface area (Å²) in [4.78, 5) is 0. The van der Waals surface area contributed by atoms with Crippen molar-refractivity contribution in [3.05, 3.63) is 28.2 Å². The molecule has 1 aromatic carbocycles. The van der Waals surface area contributed by atoms with Crippen LogP contribution in [0.3, 0.4) is 0 Å². The maximum atomic E-state index is 12.2. The van der Waals surface area contributed by atoms with E-state index in [1.165, 1.54) is 18.2 Å². The number of hydrogen-bond donors (Lipinski definition) is 2. The number of benzene rings is 1. The van der Waals surface area contributed by atoms with Crippen molar-refractivity contribution in [2.75, 3.05) is 4.72 Å². The molecule has 2 atom stereocenters. The van der Waals surface area contributed by atoms with Crippen molar-refractivity contribution in [2.24, 2.45) is 0 Å². The van der Waals surface area contributed by atoms with Gasteiger partial charge in [0.25, 0.3) is 0 Å². The fraction of sp³-hybridized carbons (Fsp3) is 0.500. The smallest absolute Gasteiger partial charge is 0.238 e. The lowest BCUT2D eigenvalue weighted by Crippen LogP contribution is -2.40. The van der Waals surface area contributed by atoms with Crippen LogP contribution in [0.5, 0.6) is 0 Å². The van der Waals surface area contributed by atoms with Crippen LogP contribution in [-0.2, 0) is 10.0 Å². The van der Waals surface area contributed by atoms with Crippen LogP contribution in [0.15, 0.2) is 18.2 Å². The Balaban J connectivity index is 2.20. The van der Waals surface area contributed by atoms with E-state index in [-0.39, 0.29) is 0 Å². The molecule has 0 bridgehead atoms.